The van der Waals surface area contributed by atoms with E-state index in [1.165, 1.54) is 25.3 Å². The third-order valence-electron chi connectivity index (χ3n) is 3.15. The predicted molar refractivity (Wildman–Crippen MR) is 77.0 cm³/mol. The van der Waals surface area contributed by atoms with Gasteiger partial charge in [0.2, 0.25) is 0 Å². The van der Waals surface area contributed by atoms with Gasteiger partial charge < -0.3 is 10.1 Å². The lowest BCUT2D eigenvalue weighted by Gasteiger charge is -2.08. The number of nitrogens with one attached hydrogen (secondary N) is 2. The predicted octanol–water partition coefficient (Wildman–Crippen LogP) is 2.96. The number of hydrogen-bond acceptors (Lipinski definition) is 3. The molecule has 21 heavy (non-hydrogen) atoms. The summed E-state index contributed by atoms with van der Waals surface area (Å²) in [6.07, 6.45) is 1.61. The first-order chi connectivity index (χ1) is 10.2. The first kappa shape index (κ1) is 13.1. The number of amides is 1. The van der Waals surface area contributed by atoms with Crippen LogP contribution in [0.1, 0.15) is 10.4 Å². The molecule has 3 aromatic rings. The van der Waals surface area contributed by atoms with Crippen LogP contribution in [0.2, 0.25) is 0 Å². The number of aromatic amines is 1. The Morgan fingerprint density at radius 1 is 1.33 bits per heavy atom. The fraction of sp³-hybridized carbons (Fsp3) is 0.0667. The molecule has 2 N–H and O–H groups in total. The third kappa shape index (κ3) is 2.43. The second-order valence-electron chi connectivity index (χ2n) is 4.44. The summed E-state index contributed by atoms with van der Waals surface area (Å²) < 4.78 is 18.8. The average Bonchev–Trinajstić information content (AvgIpc) is 2.96. The van der Waals surface area contributed by atoms with E-state index in [1.807, 2.05) is 6.07 Å². The van der Waals surface area contributed by atoms with Crippen molar-refractivity contribution in [2.75, 3.05) is 12.4 Å². The number of rotatable bonds is 3. The van der Waals surface area contributed by atoms with Gasteiger partial charge in [-0.3, -0.25) is 9.89 Å². The van der Waals surface area contributed by atoms with Crippen molar-refractivity contribution in [2.24, 2.45) is 0 Å². The first-order valence-electron chi connectivity index (χ1n) is 6.26. The molecule has 0 unspecified atom stereocenters. The monoisotopic (exact) mass is 285 g/mol. The van der Waals surface area contributed by atoms with Crippen LogP contribution in [-0.2, 0) is 0 Å². The summed E-state index contributed by atoms with van der Waals surface area (Å²) in [5.74, 6) is -0.795. The molecular formula is C15H12FN3O2. The van der Waals surface area contributed by atoms with Gasteiger partial charge in [-0.05, 0) is 24.3 Å². The van der Waals surface area contributed by atoms with Crippen LogP contribution < -0.4 is 10.1 Å². The van der Waals surface area contributed by atoms with Crippen molar-refractivity contribution in [2.45, 2.75) is 0 Å². The molecular weight excluding hydrogens is 273 g/mol. The molecule has 1 aromatic heterocycles. The molecule has 0 atom stereocenters. The first-order valence-corrected chi connectivity index (χ1v) is 6.26. The lowest BCUT2D eigenvalue weighted by atomic mass is 10.1. The van der Waals surface area contributed by atoms with Crippen LogP contribution in [0.5, 0.6) is 5.75 Å². The Bertz CT molecular complexity index is 814. The zero-order chi connectivity index (χ0) is 14.8. The van der Waals surface area contributed by atoms with Crippen LogP contribution in [0.4, 0.5) is 10.1 Å². The number of nitrogens with zero attached hydrogens (tertiary/aromatic N) is 1. The van der Waals surface area contributed by atoms with Crippen LogP contribution in [0.15, 0.2) is 42.6 Å². The zero-order valence-electron chi connectivity index (χ0n) is 11.2. The maximum atomic E-state index is 13.9. The second-order valence-corrected chi connectivity index (χ2v) is 4.44. The number of methoxy groups -OCH3 is 1. The maximum Gasteiger partial charge on any atom is 0.258 e. The van der Waals surface area contributed by atoms with Gasteiger partial charge in [0, 0.05) is 11.5 Å². The fourth-order valence-corrected chi connectivity index (χ4v) is 2.07. The van der Waals surface area contributed by atoms with Crippen molar-refractivity contribution in [3.8, 4) is 5.75 Å². The summed E-state index contributed by atoms with van der Waals surface area (Å²) in [5, 5.41) is 10.2. The van der Waals surface area contributed by atoms with E-state index in [0.29, 0.717) is 11.4 Å². The van der Waals surface area contributed by atoms with E-state index in [9.17, 15) is 9.18 Å². The summed E-state index contributed by atoms with van der Waals surface area (Å²) in [7, 11) is 1.44. The lowest BCUT2D eigenvalue weighted by molar-refractivity contribution is 0.102. The Labute approximate surface area is 119 Å². The van der Waals surface area contributed by atoms with Gasteiger partial charge in [-0.2, -0.15) is 5.10 Å². The summed E-state index contributed by atoms with van der Waals surface area (Å²) in [5.41, 5.74) is 1.32. The third-order valence-corrected chi connectivity index (χ3v) is 3.15. The van der Waals surface area contributed by atoms with Gasteiger partial charge >= 0.3 is 0 Å². The number of hydrogen-bond donors (Lipinski definition) is 2. The lowest BCUT2D eigenvalue weighted by Crippen LogP contribution is -2.13. The van der Waals surface area contributed by atoms with Crippen LogP contribution in [0, 0.1) is 5.82 Å². The molecule has 0 fully saturated rings. The number of anilines is 1. The summed E-state index contributed by atoms with van der Waals surface area (Å²) in [4.78, 5) is 12.2. The summed E-state index contributed by atoms with van der Waals surface area (Å²) >= 11 is 0. The number of fused-ring (bicyclic) bond motifs is 1. The molecule has 0 radical (unpaired) electrons. The van der Waals surface area contributed by atoms with E-state index in [1.54, 1.807) is 18.3 Å². The quantitative estimate of drug-likeness (QED) is 0.777. The highest BCUT2D eigenvalue weighted by atomic mass is 19.1. The van der Waals surface area contributed by atoms with Crippen LogP contribution in [0.25, 0.3) is 10.9 Å². The normalized spacial score (nSPS) is 10.6. The Morgan fingerprint density at radius 2 is 2.19 bits per heavy atom. The van der Waals surface area contributed by atoms with E-state index in [4.69, 9.17) is 4.74 Å². The molecule has 0 saturated heterocycles. The van der Waals surface area contributed by atoms with Gasteiger partial charge in [0.1, 0.15) is 11.6 Å². The number of H-pyrrole nitrogens is 1. The molecule has 0 aliphatic carbocycles. The summed E-state index contributed by atoms with van der Waals surface area (Å²) in [6.45, 7) is 0. The Kier molecular flexibility index (Phi) is 3.27. The smallest absolute Gasteiger partial charge is 0.258 e. The van der Waals surface area contributed by atoms with Crippen molar-refractivity contribution >= 4 is 22.5 Å². The molecule has 106 valence electrons. The minimum absolute atomic E-state index is 0.0451. The minimum Gasteiger partial charge on any atom is -0.497 e. The summed E-state index contributed by atoms with van der Waals surface area (Å²) in [6, 6.07) is 9.45. The molecule has 6 heteroatoms. The molecule has 0 saturated carbocycles. The molecule has 3 rings (SSSR count). The molecule has 2 aromatic carbocycles. The molecule has 1 heterocycles. The van der Waals surface area contributed by atoms with E-state index >= 15 is 0 Å². The second kappa shape index (κ2) is 5.24. The number of halogens is 1. The van der Waals surface area contributed by atoms with E-state index in [0.717, 1.165) is 10.9 Å². The van der Waals surface area contributed by atoms with Crippen LogP contribution >= 0.6 is 0 Å². The van der Waals surface area contributed by atoms with Crippen molar-refractivity contribution in [3.63, 3.8) is 0 Å². The highest BCUT2D eigenvalue weighted by molar-refractivity contribution is 6.08. The number of carbonyl (C=O) groups excluding carboxylic acids is 1. The minimum atomic E-state index is -0.633. The van der Waals surface area contributed by atoms with Gasteiger partial charge in [0.25, 0.3) is 5.91 Å². The molecule has 0 spiro atoms. The highest BCUT2D eigenvalue weighted by Gasteiger charge is 2.14. The number of benzene rings is 2. The van der Waals surface area contributed by atoms with Crippen molar-refractivity contribution in [1.29, 1.82) is 0 Å². The number of carbonyl (C=O) groups is 1. The molecule has 0 aliphatic heterocycles. The number of aromatic nitrogens is 2. The average molecular weight is 285 g/mol. The topological polar surface area (TPSA) is 67.0 Å². The molecule has 0 aliphatic rings. The highest BCUT2D eigenvalue weighted by Crippen LogP contribution is 2.23. The Balaban J connectivity index is 1.91. The van der Waals surface area contributed by atoms with Gasteiger partial charge in [0.15, 0.2) is 0 Å². The van der Waals surface area contributed by atoms with E-state index in [-0.39, 0.29) is 5.56 Å². The van der Waals surface area contributed by atoms with Gasteiger partial charge in [-0.25, -0.2) is 4.39 Å². The number of ether oxygens (including phenoxy) is 1. The molecule has 0 bridgehead atoms. The van der Waals surface area contributed by atoms with E-state index in [2.05, 4.69) is 15.5 Å². The van der Waals surface area contributed by atoms with Crippen LogP contribution in [-0.4, -0.2) is 23.2 Å². The van der Waals surface area contributed by atoms with Gasteiger partial charge in [-0.1, -0.05) is 6.07 Å². The molecule has 5 nitrogen and oxygen atoms in total. The zero-order valence-corrected chi connectivity index (χ0v) is 11.2. The molecule has 1 amide bonds. The van der Waals surface area contributed by atoms with Gasteiger partial charge in [0.05, 0.1) is 30.1 Å². The van der Waals surface area contributed by atoms with Crippen LogP contribution in [0.3, 0.4) is 0 Å². The van der Waals surface area contributed by atoms with Crippen molar-refractivity contribution in [3.05, 3.63) is 54.0 Å². The largest absolute Gasteiger partial charge is 0.497 e. The Hall–Kier alpha value is -2.89. The fourth-order valence-electron chi connectivity index (χ4n) is 2.07. The van der Waals surface area contributed by atoms with Crippen molar-refractivity contribution in [1.82, 2.24) is 10.2 Å². The Morgan fingerprint density at radius 3 is 2.95 bits per heavy atom. The maximum absolute atomic E-state index is 13.9. The van der Waals surface area contributed by atoms with Crippen molar-refractivity contribution < 1.29 is 13.9 Å². The van der Waals surface area contributed by atoms with E-state index < -0.39 is 11.7 Å². The van der Waals surface area contributed by atoms with Gasteiger partial charge in [-0.15, -0.1) is 0 Å². The standard InChI is InChI=1S/C15H12FN3O2/c1-21-9-5-6-10(12(16)7-9)15(20)18-13-3-2-4-14-11(13)8-17-19-14/h2-8H,1H3,(H,17,19)(H,18,20). The SMILES string of the molecule is COc1ccc(C(=O)Nc2cccc3[nH]ncc23)c(F)c1.